The molecule has 0 spiro atoms. The van der Waals surface area contributed by atoms with Crippen molar-refractivity contribution in [1.82, 2.24) is 19.9 Å². The maximum absolute atomic E-state index is 12.6. The standard InChI is InChI=1S/C15H17ClN4O2/c1-15(2,22-13-5-3-11(16)4-6-13)14(21)19-9-12(10-19)20-8-7-17-18-20/h3-8,12H,9-10H2,1-2H3. The molecule has 1 saturated heterocycles. The molecule has 1 amide bonds. The van der Waals surface area contributed by atoms with Gasteiger partial charge in [0.15, 0.2) is 5.60 Å². The van der Waals surface area contributed by atoms with E-state index in [1.54, 1.807) is 53.9 Å². The highest BCUT2D eigenvalue weighted by Gasteiger charge is 2.41. The van der Waals surface area contributed by atoms with Gasteiger partial charge in [-0.25, -0.2) is 4.68 Å². The van der Waals surface area contributed by atoms with Crippen molar-refractivity contribution in [3.05, 3.63) is 41.7 Å². The highest BCUT2D eigenvalue weighted by molar-refractivity contribution is 6.30. The van der Waals surface area contributed by atoms with E-state index in [9.17, 15) is 4.79 Å². The summed E-state index contributed by atoms with van der Waals surface area (Å²) in [5.74, 6) is 0.579. The van der Waals surface area contributed by atoms with Crippen molar-refractivity contribution >= 4 is 17.5 Å². The topological polar surface area (TPSA) is 60.2 Å². The second kappa shape index (κ2) is 5.61. The number of carbonyl (C=O) groups is 1. The second-order valence-corrected chi connectivity index (χ2v) is 6.25. The first-order valence-electron chi connectivity index (χ1n) is 7.05. The molecule has 22 heavy (non-hydrogen) atoms. The molecule has 0 bridgehead atoms. The highest BCUT2D eigenvalue weighted by atomic mass is 35.5. The Bertz CT molecular complexity index is 649. The third-order valence-electron chi connectivity index (χ3n) is 3.67. The number of aromatic nitrogens is 3. The summed E-state index contributed by atoms with van der Waals surface area (Å²) in [6.45, 7) is 4.78. The Hall–Kier alpha value is -2.08. The van der Waals surface area contributed by atoms with Crippen molar-refractivity contribution < 1.29 is 9.53 Å². The Morgan fingerprint density at radius 1 is 1.32 bits per heavy atom. The summed E-state index contributed by atoms with van der Waals surface area (Å²) in [6, 6.07) is 7.18. The minimum absolute atomic E-state index is 0.0428. The van der Waals surface area contributed by atoms with Gasteiger partial charge in [-0.15, -0.1) is 5.10 Å². The Kier molecular flexibility index (Phi) is 3.78. The second-order valence-electron chi connectivity index (χ2n) is 5.81. The fourth-order valence-corrected chi connectivity index (χ4v) is 2.55. The van der Waals surface area contributed by atoms with Gasteiger partial charge in [-0.3, -0.25) is 4.79 Å². The van der Waals surface area contributed by atoms with Crippen LogP contribution >= 0.6 is 11.6 Å². The van der Waals surface area contributed by atoms with Gasteiger partial charge in [-0.1, -0.05) is 16.8 Å². The van der Waals surface area contributed by atoms with E-state index < -0.39 is 5.60 Å². The minimum atomic E-state index is -0.929. The van der Waals surface area contributed by atoms with Crippen molar-refractivity contribution in [2.75, 3.05) is 13.1 Å². The van der Waals surface area contributed by atoms with Crippen LogP contribution < -0.4 is 4.74 Å². The minimum Gasteiger partial charge on any atom is -0.478 e. The Balaban J connectivity index is 1.60. The van der Waals surface area contributed by atoms with Crippen LogP contribution in [-0.4, -0.2) is 44.5 Å². The molecule has 2 aromatic rings. The molecular formula is C15H17ClN4O2. The molecule has 7 heteroatoms. The third-order valence-corrected chi connectivity index (χ3v) is 3.92. The lowest BCUT2D eigenvalue weighted by Gasteiger charge is -2.42. The van der Waals surface area contributed by atoms with Crippen LogP contribution in [0.4, 0.5) is 0 Å². The smallest absolute Gasteiger partial charge is 0.266 e. The predicted molar refractivity (Wildman–Crippen MR) is 81.8 cm³/mol. The summed E-state index contributed by atoms with van der Waals surface area (Å²) in [5, 5.41) is 8.37. The molecule has 1 aromatic carbocycles. The van der Waals surface area contributed by atoms with Crippen LogP contribution in [0.25, 0.3) is 0 Å². The van der Waals surface area contributed by atoms with E-state index in [2.05, 4.69) is 10.3 Å². The van der Waals surface area contributed by atoms with Crippen molar-refractivity contribution in [2.24, 2.45) is 0 Å². The van der Waals surface area contributed by atoms with Crippen LogP contribution in [0.15, 0.2) is 36.7 Å². The lowest BCUT2D eigenvalue weighted by molar-refractivity contribution is -0.151. The summed E-state index contributed by atoms with van der Waals surface area (Å²) in [6.07, 6.45) is 3.44. The van der Waals surface area contributed by atoms with Crippen LogP contribution in [-0.2, 0) is 4.79 Å². The monoisotopic (exact) mass is 320 g/mol. The van der Waals surface area contributed by atoms with E-state index in [4.69, 9.17) is 16.3 Å². The largest absolute Gasteiger partial charge is 0.478 e. The Morgan fingerprint density at radius 3 is 2.59 bits per heavy atom. The van der Waals surface area contributed by atoms with E-state index in [0.717, 1.165) is 0 Å². The van der Waals surface area contributed by atoms with Gasteiger partial charge in [0.2, 0.25) is 0 Å². The molecule has 2 heterocycles. The zero-order chi connectivity index (χ0) is 15.7. The molecule has 6 nitrogen and oxygen atoms in total. The molecule has 1 aliphatic rings. The van der Waals surface area contributed by atoms with Crippen LogP contribution in [0.5, 0.6) is 5.75 Å². The summed E-state index contributed by atoms with van der Waals surface area (Å²) in [5.41, 5.74) is -0.929. The number of carbonyl (C=O) groups excluding carboxylic acids is 1. The lowest BCUT2D eigenvalue weighted by Crippen LogP contribution is -2.58. The summed E-state index contributed by atoms with van der Waals surface area (Å²) in [4.78, 5) is 14.3. The van der Waals surface area contributed by atoms with Crippen molar-refractivity contribution in [3.63, 3.8) is 0 Å². The van der Waals surface area contributed by atoms with Gasteiger partial charge in [-0.05, 0) is 38.1 Å². The molecular weight excluding hydrogens is 304 g/mol. The van der Waals surface area contributed by atoms with Crippen molar-refractivity contribution in [1.29, 1.82) is 0 Å². The fraction of sp³-hybridized carbons (Fsp3) is 0.400. The lowest BCUT2D eigenvalue weighted by atomic mass is 10.0. The zero-order valence-electron chi connectivity index (χ0n) is 12.4. The van der Waals surface area contributed by atoms with Crippen molar-refractivity contribution in [2.45, 2.75) is 25.5 Å². The molecule has 116 valence electrons. The Labute approximate surface area is 133 Å². The molecule has 0 aliphatic carbocycles. The number of hydrogen-bond donors (Lipinski definition) is 0. The molecule has 0 atom stereocenters. The van der Waals surface area contributed by atoms with Gasteiger partial charge >= 0.3 is 0 Å². The average Bonchev–Trinajstić information content (AvgIpc) is 2.93. The van der Waals surface area contributed by atoms with E-state index in [1.165, 1.54) is 0 Å². The molecule has 1 fully saturated rings. The molecule has 0 unspecified atom stereocenters. The van der Waals surface area contributed by atoms with Gasteiger partial charge in [-0.2, -0.15) is 0 Å². The Morgan fingerprint density at radius 2 is 2.00 bits per heavy atom. The number of likely N-dealkylation sites (tertiary alicyclic amines) is 1. The summed E-state index contributed by atoms with van der Waals surface area (Å²) >= 11 is 5.85. The number of nitrogens with zero attached hydrogens (tertiary/aromatic N) is 4. The van der Waals surface area contributed by atoms with Gasteiger partial charge in [0.05, 0.1) is 12.2 Å². The average molecular weight is 321 g/mol. The number of benzene rings is 1. The quantitative estimate of drug-likeness (QED) is 0.866. The number of amides is 1. The van der Waals surface area contributed by atoms with E-state index >= 15 is 0 Å². The number of hydrogen-bond acceptors (Lipinski definition) is 4. The van der Waals surface area contributed by atoms with Gasteiger partial charge in [0.1, 0.15) is 5.75 Å². The normalized spacial score (nSPS) is 15.5. The summed E-state index contributed by atoms with van der Waals surface area (Å²) in [7, 11) is 0. The first-order chi connectivity index (χ1) is 10.5. The van der Waals surface area contributed by atoms with Crippen LogP contribution in [0.3, 0.4) is 0 Å². The van der Waals surface area contributed by atoms with Gasteiger partial charge in [0, 0.05) is 24.3 Å². The molecule has 1 aliphatic heterocycles. The number of rotatable bonds is 4. The zero-order valence-corrected chi connectivity index (χ0v) is 13.2. The molecule has 1 aromatic heterocycles. The highest BCUT2D eigenvalue weighted by Crippen LogP contribution is 2.27. The van der Waals surface area contributed by atoms with Crippen molar-refractivity contribution in [3.8, 4) is 5.75 Å². The molecule has 3 rings (SSSR count). The number of ether oxygens (including phenoxy) is 1. The van der Waals surface area contributed by atoms with Crippen LogP contribution in [0.1, 0.15) is 19.9 Å². The third kappa shape index (κ3) is 2.92. The predicted octanol–water partition coefficient (Wildman–Crippen LogP) is 2.17. The molecule has 0 radical (unpaired) electrons. The first kappa shape index (κ1) is 14.8. The van der Waals surface area contributed by atoms with E-state index in [1.807, 2.05) is 6.20 Å². The van der Waals surface area contributed by atoms with Gasteiger partial charge in [0.25, 0.3) is 5.91 Å². The SMILES string of the molecule is CC(C)(Oc1ccc(Cl)cc1)C(=O)N1CC(n2ccnn2)C1. The molecule has 0 N–H and O–H groups in total. The first-order valence-corrected chi connectivity index (χ1v) is 7.43. The van der Waals surface area contributed by atoms with Gasteiger partial charge < -0.3 is 9.64 Å². The maximum Gasteiger partial charge on any atom is 0.266 e. The van der Waals surface area contributed by atoms with Crippen LogP contribution in [0.2, 0.25) is 5.02 Å². The summed E-state index contributed by atoms with van der Waals surface area (Å²) < 4.78 is 7.59. The fourth-order valence-electron chi connectivity index (χ4n) is 2.42. The molecule has 0 saturated carbocycles. The van der Waals surface area contributed by atoms with Crippen LogP contribution in [0, 0.1) is 0 Å². The van der Waals surface area contributed by atoms with E-state index in [0.29, 0.717) is 23.9 Å². The number of halogens is 1. The maximum atomic E-state index is 12.6. The van der Waals surface area contributed by atoms with E-state index in [-0.39, 0.29) is 11.9 Å².